The molecule has 1 aliphatic rings. The van der Waals surface area contributed by atoms with E-state index in [9.17, 15) is 27.2 Å². The maximum Gasteiger partial charge on any atom is 0.457 e. The summed E-state index contributed by atoms with van der Waals surface area (Å²) in [6, 6.07) is 1.17. The Bertz CT molecular complexity index is 773. The van der Waals surface area contributed by atoms with Gasteiger partial charge in [0, 0.05) is 19.2 Å². The highest BCUT2D eigenvalue weighted by Crippen LogP contribution is 2.39. The molecular weight excluding hydrogens is 405 g/mol. The first-order chi connectivity index (χ1) is 11.9. The van der Waals surface area contributed by atoms with Crippen LogP contribution in [0.25, 0.3) is 0 Å². The molecule has 1 heterocycles. The number of rotatable bonds is 5. The van der Waals surface area contributed by atoms with Gasteiger partial charge in [-0.3, -0.25) is 14.6 Å². The zero-order valence-electron chi connectivity index (χ0n) is 12.8. The van der Waals surface area contributed by atoms with Gasteiger partial charge in [-0.25, -0.2) is 4.79 Å². The smallest absolute Gasteiger partial charge is 0.450 e. The maximum absolute atomic E-state index is 13.1. The Morgan fingerprint density at radius 2 is 1.88 bits per heavy atom. The van der Waals surface area contributed by atoms with E-state index in [0.29, 0.717) is 0 Å². The predicted octanol–water partition coefficient (Wildman–Crippen LogP) is 3.47. The third-order valence-electron chi connectivity index (χ3n) is 3.40. The summed E-state index contributed by atoms with van der Waals surface area (Å²) in [5.74, 6) is -1.58. The van der Waals surface area contributed by atoms with Gasteiger partial charge < -0.3 is 10.5 Å². The van der Waals surface area contributed by atoms with Crippen molar-refractivity contribution < 1.29 is 31.9 Å². The minimum absolute atomic E-state index is 0.0181. The highest BCUT2D eigenvalue weighted by molar-refractivity contribution is 6.37. The molecule has 0 aliphatic carbocycles. The number of halogens is 6. The molecule has 3 amide bonds. The molecule has 0 radical (unpaired) electrons. The van der Waals surface area contributed by atoms with Crippen LogP contribution in [0.5, 0.6) is 5.75 Å². The zero-order valence-corrected chi connectivity index (χ0v) is 14.3. The van der Waals surface area contributed by atoms with Crippen molar-refractivity contribution in [2.24, 2.45) is 5.73 Å². The van der Waals surface area contributed by atoms with Crippen molar-refractivity contribution in [3.05, 3.63) is 34.5 Å². The van der Waals surface area contributed by atoms with Gasteiger partial charge in [-0.1, -0.05) is 29.8 Å². The van der Waals surface area contributed by atoms with Crippen LogP contribution in [0.2, 0.25) is 10.0 Å². The molecule has 1 atom stereocenters. The van der Waals surface area contributed by atoms with Gasteiger partial charge in [0.2, 0.25) is 0 Å². The van der Waals surface area contributed by atoms with Crippen LogP contribution in [0, 0.1) is 0 Å². The standard InChI is InChI=1S/C14H11Cl2F4N3O3/c1-6(11(21)24)22-2-3-23(13(22)25)9-5-10(8(16)4-7(9)15)26-12(17)14(18,19)20/h4-5,12H,1-3H2,(H2,21,24). The molecule has 1 saturated heterocycles. The molecule has 12 heteroatoms. The fraction of sp³-hybridized carbons (Fsp3) is 0.286. The third-order valence-corrected chi connectivity index (χ3v) is 4.00. The number of hydrogen-bond donors (Lipinski definition) is 1. The van der Waals surface area contributed by atoms with Gasteiger partial charge in [-0.2, -0.15) is 17.6 Å². The molecule has 6 nitrogen and oxygen atoms in total. The quantitative estimate of drug-likeness (QED) is 0.590. The van der Waals surface area contributed by atoms with Crippen molar-refractivity contribution in [1.82, 2.24) is 4.90 Å². The second-order valence-electron chi connectivity index (χ2n) is 5.11. The Hall–Kier alpha value is -2.20. The van der Waals surface area contributed by atoms with E-state index >= 15 is 0 Å². The average molecular weight is 416 g/mol. The number of nitrogens with zero attached hydrogens (tertiary/aromatic N) is 2. The fourth-order valence-corrected chi connectivity index (χ4v) is 2.67. The van der Waals surface area contributed by atoms with E-state index in [1.165, 1.54) is 0 Å². The lowest BCUT2D eigenvalue weighted by Crippen LogP contribution is -2.35. The molecule has 0 saturated carbocycles. The van der Waals surface area contributed by atoms with Crippen molar-refractivity contribution in [2.45, 2.75) is 12.5 Å². The van der Waals surface area contributed by atoms with E-state index < -0.39 is 30.2 Å². The predicted molar refractivity (Wildman–Crippen MR) is 85.8 cm³/mol. The van der Waals surface area contributed by atoms with Crippen molar-refractivity contribution in [3.63, 3.8) is 0 Å². The summed E-state index contributed by atoms with van der Waals surface area (Å²) < 4.78 is 54.3. The Balaban J connectivity index is 2.33. The fourth-order valence-electron chi connectivity index (χ4n) is 2.14. The molecule has 1 aromatic carbocycles. The lowest BCUT2D eigenvalue weighted by Gasteiger charge is -2.21. The summed E-state index contributed by atoms with van der Waals surface area (Å²) in [4.78, 5) is 25.5. The third kappa shape index (κ3) is 3.96. The van der Waals surface area contributed by atoms with Crippen LogP contribution in [-0.2, 0) is 4.79 Å². The molecule has 1 aromatic rings. The molecule has 0 spiro atoms. The molecule has 26 heavy (non-hydrogen) atoms. The van der Waals surface area contributed by atoms with Crippen molar-refractivity contribution >= 4 is 40.8 Å². The number of ether oxygens (including phenoxy) is 1. The number of amides is 3. The van der Waals surface area contributed by atoms with E-state index in [0.717, 1.165) is 21.9 Å². The van der Waals surface area contributed by atoms with E-state index in [1.54, 1.807) is 0 Å². The summed E-state index contributed by atoms with van der Waals surface area (Å²) in [6.07, 6.45) is -8.88. The maximum atomic E-state index is 13.1. The van der Waals surface area contributed by atoms with Crippen LogP contribution < -0.4 is 15.4 Å². The van der Waals surface area contributed by atoms with Crippen molar-refractivity contribution in [3.8, 4) is 5.75 Å². The Morgan fingerprint density at radius 3 is 2.42 bits per heavy atom. The van der Waals surface area contributed by atoms with E-state index in [4.69, 9.17) is 28.9 Å². The van der Waals surface area contributed by atoms with Crippen molar-refractivity contribution in [2.75, 3.05) is 18.0 Å². The first-order valence-electron chi connectivity index (χ1n) is 6.87. The molecular formula is C14H11Cl2F4N3O3. The number of primary amides is 1. The van der Waals surface area contributed by atoms with Gasteiger partial charge in [-0.15, -0.1) is 0 Å². The normalized spacial score (nSPS) is 16.0. The largest absolute Gasteiger partial charge is 0.457 e. The molecule has 142 valence electrons. The van der Waals surface area contributed by atoms with E-state index in [-0.39, 0.29) is 34.5 Å². The molecule has 2 rings (SSSR count). The number of carbonyl (C=O) groups is 2. The number of hydrogen-bond acceptors (Lipinski definition) is 3. The first kappa shape index (κ1) is 20.1. The molecule has 1 unspecified atom stereocenters. The Labute approximate surface area is 154 Å². The second kappa shape index (κ2) is 7.20. The SMILES string of the molecule is C=C(C(N)=O)N1CCN(c2cc(OC(F)C(F)(F)F)c(Cl)cc2Cl)C1=O. The highest BCUT2D eigenvalue weighted by Gasteiger charge is 2.43. The first-order valence-corrected chi connectivity index (χ1v) is 7.63. The van der Waals surface area contributed by atoms with Gasteiger partial charge in [0.15, 0.2) is 0 Å². The molecule has 0 bridgehead atoms. The van der Waals surface area contributed by atoms with Gasteiger partial charge in [0.1, 0.15) is 11.4 Å². The number of benzene rings is 1. The van der Waals surface area contributed by atoms with Crippen LogP contribution in [0.4, 0.5) is 28.0 Å². The monoisotopic (exact) mass is 415 g/mol. The van der Waals surface area contributed by atoms with Crippen LogP contribution in [0.15, 0.2) is 24.4 Å². The number of alkyl halides is 4. The number of urea groups is 1. The van der Waals surface area contributed by atoms with Crippen LogP contribution in [0.1, 0.15) is 0 Å². The Morgan fingerprint density at radius 1 is 1.27 bits per heavy atom. The molecule has 1 aliphatic heterocycles. The lowest BCUT2D eigenvalue weighted by molar-refractivity contribution is -0.236. The summed E-state index contributed by atoms with van der Waals surface area (Å²) in [5.41, 5.74) is 4.73. The summed E-state index contributed by atoms with van der Waals surface area (Å²) in [6.45, 7) is 3.44. The van der Waals surface area contributed by atoms with Crippen LogP contribution in [-0.4, -0.2) is 42.5 Å². The molecule has 1 fully saturated rings. The molecule has 2 N–H and O–H groups in total. The number of carbonyl (C=O) groups excluding carboxylic acids is 2. The highest BCUT2D eigenvalue weighted by atomic mass is 35.5. The van der Waals surface area contributed by atoms with Gasteiger partial charge >= 0.3 is 18.6 Å². The Kier molecular flexibility index (Phi) is 5.57. The van der Waals surface area contributed by atoms with Crippen molar-refractivity contribution in [1.29, 1.82) is 0 Å². The number of nitrogens with two attached hydrogens (primary N) is 1. The topological polar surface area (TPSA) is 75.9 Å². The van der Waals surface area contributed by atoms with E-state index in [1.807, 2.05) is 0 Å². The second-order valence-corrected chi connectivity index (χ2v) is 5.92. The molecule has 0 aromatic heterocycles. The van der Waals surface area contributed by atoms with Crippen LogP contribution >= 0.6 is 23.2 Å². The van der Waals surface area contributed by atoms with E-state index in [2.05, 4.69) is 11.3 Å². The lowest BCUT2D eigenvalue weighted by atomic mass is 10.2. The zero-order chi connectivity index (χ0) is 19.8. The minimum Gasteiger partial charge on any atom is -0.450 e. The van der Waals surface area contributed by atoms with Gasteiger partial charge in [-0.05, 0) is 6.07 Å². The minimum atomic E-state index is -5.26. The van der Waals surface area contributed by atoms with Crippen LogP contribution in [0.3, 0.4) is 0 Å². The number of anilines is 1. The summed E-state index contributed by atoms with van der Waals surface area (Å²) in [7, 11) is 0. The average Bonchev–Trinajstić information content (AvgIpc) is 2.89. The summed E-state index contributed by atoms with van der Waals surface area (Å²) >= 11 is 11.7. The summed E-state index contributed by atoms with van der Waals surface area (Å²) in [5, 5.41) is -0.472. The van der Waals surface area contributed by atoms with Gasteiger partial charge in [0.25, 0.3) is 5.91 Å². The van der Waals surface area contributed by atoms with Gasteiger partial charge in [0.05, 0.1) is 15.7 Å².